The van der Waals surface area contributed by atoms with Gasteiger partial charge in [0.15, 0.2) is 41.5 Å². The van der Waals surface area contributed by atoms with Gasteiger partial charge in [-0.3, -0.25) is 19.5 Å². The van der Waals surface area contributed by atoms with Crippen LogP contribution in [0.25, 0.3) is 10.9 Å². The fourth-order valence-electron chi connectivity index (χ4n) is 5.95. The van der Waals surface area contributed by atoms with Gasteiger partial charge in [0.1, 0.15) is 23.7 Å². The number of pyridine rings is 1. The molecule has 2 aliphatic heterocycles. The summed E-state index contributed by atoms with van der Waals surface area (Å²) in [5.41, 5.74) is 17.0. The summed E-state index contributed by atoms with van der Waals surface area (Å²) in [5.74, 6) is -3.47. The van der Waals surface area contributed by atoms with Crippen molar-refractivity contribution in [1.29, 1.82) is 0 Å². The minimum atomic E-state index is -1.75. The molecule has 8 N–H and O–H groups in total. The second kappa shape index (κ2) is 15.6. The summed E-state index contributed by atoms with van der Waals surface area (Å²) in [6.07, 6.45) is 5.47. The number of amides is 1. The number of β-lactam (4-membered cyclic amide) rings is 1. The zero-order valence-electron chi connectivity index (χ0n) is 29.2. The molecule has 0 saturated carbocycles. The molecule has 0 radical (unpaired) electrons. The number of ketones is 1. The van der Waals surface area contributed by atoms with Gasteiger partial charge in [-0.1, -0.05) is 17.3 Å². The van der Waals surface area contributed by atoms with Gasteiger partial charge in [-0.2, -0.15) is 0 Å². The standard InChI is InChI=1S/C35H37N9O8S2/c1-35(2,32(49)50)52-41-27(24-18-54-34(38)40-24)26(45)13-23-29(46)44-28(31(47)48)21(17-53-30(23)44)16-42-10-8-25-20(15-42)7-11-43(25)14-19-3-5-22(6-4-19)51-12-9-39-33(36)37/h3-8,10-11,15,18,23,30H,9,12-14,16-17H2,1-2H3,(H7-,36,37,38,39,40,47,48,49,50)/p+1/b41-27-/t23-,30-/m1/s1. The number of nitrogens with zero attached hydrogens (tertiary/aromatic N) is 6. The lowest BCUT2D eigenvalue weighted by Gasteiger charge is -2.49. The Hall–Kier alpha value is -5.95. The number of thioether (sulfide) groups is 1. The van der Waals surface area contributed by atoms with E-state index in [1.807, 2.05) is 59.6 Å². The molecule has 6 rings (SSSR count). The highest BCUT2D eigenvalue weighted by molar-refractivity contribution is 8.00. The lowest BCUT2D eigenvalue weighted by molar-refractivity contribution is -0.687. The van der Waals surface area contributed by atoms with Crippen LogP contribution in [0.1, 0.15) is 31.5 Å². The average molecular weight is 777 g/mol. The number of nitrogen functional groups attached to an aromatic ring is 1. The fourth-order valence-corrected chi connectivity index (χ4v) is 7.90. The number of Topliss-reactive ketones (excluding diaryl/α,β-unsaturated/α-hetero) is 1. The quantitative estimate of drug-likeness (QED) is 0.0272. The van der Waals surface area contributed by atoms with E-state index < -0.39 is 40.5 Å². The van der Waals surface area contributed by atoms with Crippen LogP contribution >= 0.6 is 23.1 Å². The summed E-state index contributed by atoms with van der Waals surface area (Å²) in [6.45, 7) is 4.11. The van der Waals surface area contributed by atoms with Gasteiger partial charge in [-0.15, -0.1) is 23.1 Å². The van der Waals surface area contributed by atoms with E-state index in [1.54, 1.807) is 0 Å². The van der Waals surface area contributed by atoms with Crippen molar-refractivity contribution in [2.75, 3.05) is 24.6 Å². The summed E-state index contributed by atoms with van der Waals surface area (Å²) in [5, 5.41) is 25.5. The van der Waals surface area contributed by atoms with Gasteiger partial charge in [-0.25, -0.2) is 19.1 Å². The lowest BCUT2D eigenvalue weighted by Crippen LogP contribution is -2.62. The predicted molar refractivity (Wildman–Crippen MR) is 201 cm³/mol. The number of rotatable bonds is 16. The summed E-state index contributed by atoms with van der Waals surface area (Å²) < 4.78 is 9.66. The van der Waals surface area contributed by atoms with Crippen molar-refractivity contribution >= 4 is 74.4 Å². The molecule has 0 bridgehead atoms. The lowest BCUT2D eigenvalue weighted by atomic mass is 9.89. The molecule has 1 saturated heterocycles. The molecule has 0 spiro atoms. The normalized spacial score (nSPS) is 17.2. The number of carboxylic acids is 2. The maximum atomic E-state index is 13.5. The van der Waals surface area contributed by atoms with E-state index in [-0.39, 0.29) is 41.2 Å². The molecule has 1 amide bonds. The maximum Gasteiger partial charge on any atom is 0.352 e. The van der Waals surface area contributed by atoms with Crippen molar-refractivity contribution in [3.8, 4) is 5.75 Å². The molecule has 282 valence electrons. The number of fused-ring (bicyclic) bond motifs is 2. The molecule has 54 heavy (non-hydrogen) atoms. The molecular formula is C35H38N9O8S2+. The van der Waals surface area contributed by atoms with Crippen molar-refractivity contribution in [1.82, 2.24) is 14.5 Å². The summed E-state index contributed by atoms with van der Waals surface area (Å²) in [6, 6.07) is 11.7. The number of ether oxygens (including phenoxy) is 1. The number of hydrogen-bond donors (Lipinski definition) is 5. The van der Waals surface area contributed by atoms with Gasteiger partial charge in [0.25, 0.3) is 0 Å². The van der Waals surface area contributed by atoms with E-state index >= 15 is 0 Å². The van der Waals surface area contributed by atoms with Crippen LogP contribution in [0.5, 0.6) is 5.75 Å². The number of nitrogens with two attached hydrogens (primary N) is 3. The molecule has 5 heterocycles. The molecule has 19 heteroatoms. The predicted octanol–water partition coefficient (Wildman–Crippen LogP) is 1.78. The van der Waals surface area contributed by atoms with Crippen molar-refractivity contribution in [2.24, 2.45) is 27.5 Å². The third-order valence-corrected chi connectivity index (χ3v) is 10.8. The third kappa shape index (κ3) is 8.16. The van der Waals surface area contributed by atoms with Gasteiger partial charge < -0.3 is 41.6 Å². The van der Waals surface area contributed by atoms with E-state index in [0.717, 1.165) is 27.8 Å². The fraction of sp³-hybridized carbons (Fsp3) is 0.314. The van der Waals surface area contributed by atoms with Crippen LogP contribution in [0.15, 0.2) is 81.8 Å². The van der Waals surface area contributed by atoms with Gasteiger partial charge >= 0.3 is 11.9 Å². The van der Waals surface area contributed by atoms with E-state index in [1.165, 1.54) is 35.9 Å². The van der Waals surface area contributed by atoms with Crippen LogP contribution in [0.3, 0.4) is 0 Å². The number of carbonyl (C=O) groups is 4. The minimum absolute atomic E-state index is 0.0199. The van der Waals surface area contributed by atoms with Crippen LogP contribution in [0.4, 0.5) is 5.13 Å². The zero-order valence-corrected chi connectivity index (χ0v) is 30.9. The van der Waals surface area contributed by atoms with Gasteiger partial charge in [-0.05, 0) is 37.6 Å². The van der Waals surface area contributed by atoms with E-state index in [9.17, 15) is 29.4 Å². The molecule has 2 aliphatic rings. The largest absolute Gasteiger partial charge is 0.492 e. The third-order valence-electron chi connectivity index (χ3n) is 8.75. The zero-order chi connectivity index (χ0) is 38.7. The molecule has 3 aromatic heterocycles. The van der Waals surface area contributed by atoms with Crippen molar-refractivity contribution in [3.05, 3.63) is 82.9 Å². The highest BCUT2D eigenvalue weighted by Gasteiger charge is 2.54. The highest BCUT2D eigenvalue weighted by atomic mass is 32.2. The van der Waals surface area contributed by atoms with Gasteiger partial charge in [0, 0.05) is 41.9 Å². The van der Waals surface area contributed by atoms with Crippen molar-refractivity contribution in [3.63, 3.8) is 0 Å². The second-order valence-corrected chi connectivity index (χ2v) is 15.0. The number of aromatic nitrogens is 3. The Morgan fingerprint density at radius 1 is 1.13 bits per heavy atom. The maximum absolute atomic E-state index is 13.5. The first kappa shape index (κ1) is 37.8. The van der Waals surface area contributed by atoms with E-state index in [4.69, 9.17) is 26.8 Å². The molecule has 2 atom stereocenters. The monoisotopic (exact) mass is 776 g/mol. The van der Waals surface area contributed by atoms with E-state index in [2.05, 4.69) is 19.7 Å². The SMILES string of the molecule is CC(C)(O/N=C(\C(=O)C[C@@H]1C(=O)N2C(C(=O)O)=C(C[n+]3ccc4c(ccn4Cc4ccc(OCCN=C(N)N)cc4)c3)CS[C@H]12)c1csc(N)n1)C(=O)O. The first-order chi connectivity index (χ1) is 25.7. The van der Waals surface area contributed by atoms with Crippen LogP contribution in [0, 0.1) is 5.92 Å². The Morgan fingerprint density at radius 3 is 2.56 bits per heavy atom. The Balaban J connectivity index is 1.13. The number of carbonyl (C=O) groups excluding carboxylic acids is 2. The van der Waals surface area contributed by atoms with Crippen LogP contribution in [-0.2, 0) is 37.1 Å². The molecule has 1 aromatic carbocycles. The Morgan fingerprint density at radius 2 is 1.89 bits per heavy atom. The number of thiazole rings is 1. The molecule has 1 fully saturated rings. The van der Waals surface area contributed by atoms with Crippen LogP contribution in [-0.4, -0.2) is 89.8 Å². The number of aliphatic carboxylic acids is 2. The number of guanidine groups is 1. The smallest absolute Gasteiger partial charge is 0.352 e. The van der Waals surface area contributed by atoms with Crippen molar-refractivity contribution < 1.29 is 43.5 Å². The van der Waals surface area contributed by atoms with Crippen LogP contribution < -0.4 is 26.5 Å². The Bertz CT molecular complexity index is 2210. The average Bonchev–Trinajstić information content (AvgIpc) is 3.74. The number of benzene rings is 1. The number of anilines is 1. The van der Waals surface area contributed by atoms with Gasteiger partial charge in [0.2, 0.25) is 11.5 Å². The number of carboxylic acid groups (broad SMARTS) is 2. The highest BCUT2D eigenvalue weighted by Crippen LogP contribution is 2.45. The molecular weight excluding hydrogens is 739 g/mol. The first-order valence-corrected chi connectivity index (χ1v) is 18.5. The summed E-state index contributed by atoms with van der Waals surface area (Å²) in [7, 11) is 0. The summed E-state index contributed by atoms with van der Waals surface area (Å²) >= 11 is 2.42. The van der Waals surface area contributed by atoms with E-state index in [0.29, 0.717) is 36.8 Å². The molecule has 4 aromatic rings. The van der Waals surface area contributed by atoms with Crippen LogP contribution in [0.2, 0.25) is 0 Å². The van der Waals surface area contributed by atoms with Gasteiger partial charge in [0.05, 0.1) is 28.7 Å². The Kier molecular flexibility index (Phi) is 10.9. The Labute approximate surface area is 316 Å². The second-order valence-electron chi connectivity index (χ2n) is 13.0. The number of oxime groups is 1. The number of aliphatic imine (C=N–C) groups is 1. The molecule has 17 nitrogen and oxygen atoms in total. The molecule has 0 unspecified atom stereocenters. The summed E-state index contributed by atoms with van der Waals surface area (Å²) in [4.78, 5) is 65.5. The molecule has 0 aliphatic carbocycles. The topological polar surface area (TPSA) is 255 Å². The number of hydrogen-bond acceptors (Lipinski definition) is 12. The first-order valence-electron chi connectivity index (χ1n) is 16.6. The van der Waals surface area contributed by atoms with Crippen molar-refractivity contribution in [2.45, 2.75) is 44.3 Å². The minimum Gasteiger partial charge on any atom is -0.492 e.